The Balaban J connectivity index is 2.04. The van der Waals surface area contributed by atoms with E-state index < -0.39 is 0 Å². The van der Waals surface area contributed by atoms with Gasteiger partial charge in [-0.2, -0.15) is 0 Å². The number of pyridine rings is 1. The fourth-order valence-corrected chi connectivity index (χ4v) is 3.68. The number of nitrogen functional groups attached to an aromatic ring is 1. The van der Waals surface area contributed by atoms with Gasteiger partial charge in [-0.15, -0.1) is 0 Å². The van der Waals surface area contributed by atoms with Crippen LogP contribution in [0, 0.1) is 0 Å². The van der Waals surface area contributed by atoms with Crippen LogP contribution in [0.15, 0.2) is 42.7 Å². The molecule has 170 valence electrons. The highest BCUT2D eigenvalue weighted by atomic mass is 16.5. The van der Waals surface area contributed by atoms with Crippen LogP contribution >= 0.6 is 0 Å². The molecule has 0 fully saturated rings. The molecular formula is C24H24N4O5. The average molecular weight is 448 g/mol. The zero-order chi connectivity index (χ0) is 23.5. The fraction of sp³-hybridized carbons (Fsp3) is 0.208. The van der Waals surface area contributed by atoms with E-state index in [0.717, 1.165) is 16.7 Å². The lowest BCUT2D eigenvalue weighted by molar-refractivity contribution is 0.349. The van der Waals surface area contributed by atoms with E-state index in [1.165, 1.54) is 6.33 Å². The average Bonchev–Trinajstić information content (AvgIpc) is 2.86. The van der Waals surface area contributed by atoms with Crippen LogP contribution in [0.5, 0.6) is 28.7 Å². The van der Waals surface area contributed by atoms with Gasteiger partial charge >= 0.3 is 0 Å². The molecule has 0 aliphatic rings. The van der Waals surface area contributed by atoms with Crippen molar-refractivity contribution in [1.82, 2.24) is 15.0 Å². The summed E-state index contributed by atoms with van der Waals surface area (Å²) in [6, 6.07) is 11.1. The van der Waals surface area contributed by atoms with Crippen LogP contribution < -0.4 is 29.4 Å². The number of hydrogen-bond donors (Lipinski definition) is 1. The summed E-state index contributed by atoms with van der Waals surface area (Å²) < 4.78 is 27.4. The predicted octanol–water partition coefficient (Wildman–Crippen LogP) is 3.98. The van der Waals surface area contributed by atoms with Crippen LogP contribution in [0.1, 0.15) is 0 Å². The number of nitrogens with zero attached hydrogens (tertiary/aromatic N) is 3. The minimum absolute atomic E-state index is 0.304. The first kappa shape index (κ1) is 21.9. The number of aromatic nitrogens is 3. The van der Waals surface area contributed by atoms with Crippen molar-refractivity contribution in [3.63, 3.8) is 0 Å². The van der Waals surface area contributed by atoms with E-state index in [9.17, 15) is 0 Å². The van der Waals surface area contributed by atoms with Gasteiger partial charge in [0.1, 0.15) is 17.9 Å². The Kier molecular flexibility index (Phi) is 6.03. The summed E-state index contributed by atoms with van der Waals surface area (Å²) in [6.45, 7) is 0. The Labute approximate surface area is 191 Å². The summed E-state index contributed by atoms with van der Waals surface area (Å²) in [4.78, 5) is 13.3. The monoisotopic (exact) mass is 448 g/mol. The molecular weight excluding hydrogens is 424 g/mol. The lowest BCUT2D eigenvalue weighted by Crippen LogP contribution is -2.01. The first-order valence-corrected chi connectivity index (χ1v) is 9.98. The van der Waals surface area contributed by atoms with Gasteiger partial charge in [-0.3, -0.25) is 0 Å². The quantitative estimate of drug-likeness (QED) is 0.449. The van der Waals surface area contributed by atoms with Crippen molar-refractivity contribution in [3.05, 3.63) is 42.7 Å². The van der Waals surface area contributed by atoms with Gasteiger partial charge in [-0.25, -0.2) is 15.0 Å². The molecule has 2 aromatic heterocycles. The molecule has 0 bridgehead atoms. The molecule has 0 radical (unpaired) electrons. The Morgan fingerprint density at radius 2 is 1.27 bits per heavy atom. The largest absolute Gasteiger partial charge is 0.496 e. The smallest absolute Gasteiger partial charge is 0.165 e. The van der Waals surface area contributed by atoms with Gasteiger partial charge in [0.25, 0.3) is 0 Å². The second-order valence-corrected chi connectivity index (χ2v) is 6.99. The van der Waals surface area contributed by atoms with E-state index in [0.29, 0.717) is 51.3 Å². The van der Waals surface area contributed by atoms with Gasteiger partial charge in [-0.05, 0) is 30.3 Å². The Hall–Kier alpha value is -4.27. The van der Waals surface area contributed by atoms with Gasteiger partial charge < -0.3 is 29.4 Å². The maximum atomic E-state index is 6.26. The SMILES string of the molecule is COc1ccc(-c2cc(-c3cc(OC)c(OC)cc3OC)c3c(N)ncnc3n2)cc1OC. The molecule has 4 aromatic rings. The minimum Gasteiger partial charge on any atom is -0.496 e. The second kappa shape index (κ2) is 9.07. The van der Waals surface area contributed by atoms with Gasteiger partial charge in [0, 0.05) is 22.8 Å². The van der Waals surface area contributed by atoms with Crippen molar-refractivity contribution in [1.29, 1.82) is 0 Å². The van der Waals surface area contributed by atoms with Crippen molar-refractivity contribution in [2.75, 3.05) is 41.3 Å². The number of nitrogens with two attached hydrogens (primary N) is 1. The van der Waals surface area contributed by atoms with Crippen LogP contribution in [0.2, 0.25) is 0 Å². The van der Waals surface area contributed by atoms with E-state index in [2.05, 4.69) is 9.97 Å². The van der Waals surface area contributed by atoms with Crippen molar-refractivity contribution >= 4 is 16.9 Å². The maximum Gasteiger partial charge on any atom is 0.165 e. The molecule has 2 N–H and O–H groups in total. The van der Waals surface area contributed by atoms with Crippen molar-refractivity contribution in [2.45, 2.75) is 0 Å². The van der Waals surface area contributed by atoms with Crippen molar-refractivity contribution in [2.24, 2.45) is 0 Å². The number of ether oxygens (including phenoxy) is 5. The molecule has 0 atom stereocenters. The second-order valence-electron chi connectivity index (χ2n) is 6.99. The number of rotatable bonds is 7. The third-order valence-electron chi connectivity index (χ3n) is 5.31. The van der Waals surface area contributed by atoms with Crippen LogP contribution in [0.25, 0.3) is 33.4 Å². The van der Waals surface area contributed by atoms with E-state index in [-0.39, 0.29) is 0 Å². The summed E-state index contributed by atoms with van der Waals surface area (Å²) in [7, 11) is 7.91. The van der Waals surface area contributed by atoms with E-state index >= 15 is 0 Å². The molecule has 0 saturated heterocycles. The molecule has 2 aromatic carbocycles. The molecule has 0 aliphatic carbocycles. The lowest BCUT2D eigenvalue weighted by atomic mass is 9.98. The summed E-state index contributed by atoms with van der Waals surface area (Å²) in [5, 5.41) is 0.604. The third-order valence-corrected chi connectivity index (χ3v) is 5.31. The molecule has 9 heteroatoms. The number of methoxy groups -OCH3 is 5. The summed E-state index contributed by atoms with van der Waals surface area (Å²) in [5.41, 5.74) is 9.64. The van der Waals surface area contributed by atoms with Crippen LogP contribution in [-0.2, 0) is 0 Å². The van der Waals surface area contributed by atoms with Crippen molar-refractivity contribution in [3.8, 4) is 51.1 Å². The Morgan fingerprint density at radius 3 is 1.94 bits per heavy atom. The molecule has 0 amide bonds. The van der Waals surface area contributed by atoms with Gasteiger partial charge in [0.05, 0.1) is 46.6 Å². The minimum atomic E-state index is 0.304. The molecule has 0 unspecified atom stereocenters. The molecule has 0 saturated carbocycles. The van der Waals surface area contributed by atoms with Crippen LogP contribution in [-0.4, -0.2) is 50.5 Å². The lowest BCUT2D eigenvalue weighted by Gasteiger charge is -2.17. The molecule has 9 nitrogen and oxygen atoms in total. The third kappa shape index (κ3) is 3.89. The normalized spacial score (nSPS) is 10.7. The zero-order valence-corrected chi connectivity index (χ0v) is 19.0. The zero-order valence-electron chi connectivity index (χ0n) is 19.0. The Bertz CT molecular complexity index is 1330. The maximum absolute atomic E-state index is 6.26. The van der Waals surface area contributed by atoms with Crippen molar-refractivity contribution < 1.29 is 23.7 Å². The highest BCUT2D eigenvalue weighted by Gasteiger charge is 2.20. The van der Waals surface area contributed by atoms with Gasteiger partial charge in [-0.1, -0.05) is 0 Å². The predicted molar refractivity (Wildman–Crippen MR) is 125 cm³/mol. The number of anilines is 1. The molecule has 4 rings (SSSR count). The highest BCUT2D eigenvalue weighted by Crippen LogP contribution is 2.44. The number of fused-ring (bicyclic) bond motifs is 1. The standard InChI is InChI=1S/C24H24N4O5/c1-29-17-7-6-13(8-19(17)31-3)16-9-15(22-23(25)26-12-27-24(22)28-16)14-10-20(32-4)21(33-5)11-18(14)30-2/h6-12H,1-5H3,(H2,25,26,27,28). The first-order chi connectivity index (χ1) is 16.0. The van der Waals surface area contributed by atoms with E-state index in [4.69, 9.17) is 34.4 Å². The number of hydrogen-bond acceptors (Lipinski definition) is 9. The highest BCUT2D eigenvalue weighted by molar-refractivity contribution is 6.02. The van der Waals surface area contributed by atoms with Gasteiger partial charge in [0.2, 0.25) is 0 Å². The fourth-order valence-electron chi connectivity index (χ4n) is 3.68. The van der Waals surface area contributed by atoms with E-state index in [1.807, 2.05) is 30.3 Å². The topological polar surface area (TPSA) is 111 Å². The summed E-state index contributed by atoms with van der Waals surface area (Å²) >= 11 is 0. The summed E-state index contributed by atoms with van der Waals surface area (Å²) in [6.07, 6.45) is 1.39. The molecule has 2 heterocycles. The van der Waals surface area contributed by atoms with Gasteiger partial charge in [0.15, 0.2) is 28.6 Å². The van der Waals surface area contributed by atoms with E-state index in [1.54, 1.807) is 41.6 Å². The molecule has 33 heavy (non-hydrogen) atoms. The number of benzene rings is 2. The van der Waals surface area contributed by atoms with Crippen LogP contribution in [0.3, 0.4) is 0 Å². The Morgan fingerprint density at radius 1 is 0.636 bits per heavy atom. The van der Waals surface area contributed by atoms with Crippen LogP contribution in [0.4, 0.5) is 5.82 Å². The first-order valence-electron chi connectivity index (χ1n) is 9.98. The molecule has 0 spiro atoms. The molecule has 0 aliphatic heterocycles. The summed E-state index contributed by atoms with van der Waals surface area (Å²) in [5.74, 6) is 3.17.